The smallest absolute Gasteiger partial charge is 0.0404 e. The Labute approximate surface area is 82.5 Å². The van der Waals surface area contributed by atoms with Crippen molar-refractivity contribution in [2.75, 3.05) is 18.5 Å². The van der Waals surface area contributed by atoms with Gasteiger partial charge in [-0.05, 0) is 18.6 Å². The number of anilines is 1. The van der Waals surface area contributed by atoms with Gasteiger partial charge in [0, 0.05) is 24.6 Å². The van der Waals surface area contributed by atoms with Gasteiger partial charge in [0.05, 0.1) is 0 Å². The fourth-order valence-electron chi connectivity index (χ4n) is 1.17. The van der Waals surface area contributed by atoms with Gasteiger partial charge in [0.25, 0.3) is 0 Å². The Kier molecular flexibility index (Phi) is 3.60. The molecule has 0 saturated carbocycles. The second-order valence-electron chi connectivity index (χ2n) is 2.78. The van der Waals surface area contributed by atoms with Crippen molar-refractivity contribution < 1.29 is 0 Å². The van der Waals surface area contributed by atoms with Crippen LogP contribution in [0.4, 0.5) is 5.69 Å². The van der Waals surface area contributed by atoms with Gasteiger partial charge in [-0.15, -0.1) is 0 Å². The fourth-order valence-corrected chi connectivity index (χ4v) is 1.64. The summed E-state index contributed by atoms with van der Waals surface area (Å²) >= 11 is 3.48. The first-order chi connectivity index (χ1) is 5.79. The van der Waals surface area contributed by atoms with E-state index in [0.717, 1.165) is 11.9 Å². The van der Waals surface area contributed by atoms with Crippen molar-refractivity contribution in [3.05, 3.63) is 29.8 Å². The molecule has 0 spiro atoms. The zero-order valence-electron chi connectivity index (χ0n) is 7.55. The van der Waals surface area contributed by atoms with E-state index in [0.29, 0.717) is 0 Å². The summed E-state index contributed by atoms with van der Waals surface area (Å²) in [6.07, 6.45) is 0. The van der Waals surface area contributed by atoms with Crippen LogP contribution in [0.25, 0.3) is 0 Å². The van der Waals surface area contributed by atoms with Crippen LogP contribution in [0.1, 0.15) is 12.5 Å². The Hall–Kier alpha value is -0.500. The van der Waals surface area contributed by atoms with Crippen molar-refractivity contribution in [3.8, 4) is 0 Å². The zero-order chi connectivity index (χ0) is 8.97. The summed E-state index contributed by atoms with van der Waals surface area (Å²) in [6, 6.07) is 8.45. The van der Waals surface area contributed by atoms with E-state index in [-0.39, 0.29) is 0 Å². The van der Waals surface area contributed by atoms with Crippen LogP contribution in [0.5, 0.6) is 0 Å². The highest BCUT2D eigenvalue weighted by atomic mass is 79.9. The van der Waals surface area contributed by atoms with Gasteiger partial charge in [0.15, 0.2) is 0 Å². The maximum Gasteiger partial charge on any atom is 0.0404 e. The molecule has 0 fully saturated rings. The van der Waals surface area contributed by atoms with Crippen LogP contribution >= 0.6 is 15.9 Å². The molecule has 0 amide bonds. The van der Waals surface area contributed by atoms with Crippen molar-refractivity contribution >= 4 is 21.6 Å². The Bertz CT molecular complexity index is 247. The van der Waals surface area contributed by atoms with E-state index >= 15 is 0 Å². The lowest BCUT2D eigenvalue weighted by Gasteiger charge is -2.19. The maximum absolute atomic E-state index is 3.48. The molecule has 0 aliphatic carbocycles. The number of hydrogen-bond donors (Lipinski definition) is 0. The van der Waals surface area contributed by atoms with E-state index in [1.165, 1.54) is 11.3 Å². The standard InChI is InChI=1S/C10H14BrN/c1-3-12(2)10-7-5-4-6-9(10)8-11/h4-7H,3,8H2,1-2H3. The molecule has 0 radical (unpaired) electrons. The SMILES string of the molecule is CCN(C)c1ccccc1CBr. The van der Waals surface area contributed by atoms with Gasteiger partial charge in [-0.25, -0.2) is 0 Å². The summed E-state index contributed by atoms with van der Waals surface area (Å²) in [5.74, 6) is 0. The number of alkyl halides is 1. The largest absolute Gasteiger partial charge is 0.375 e. The van der Waals surface area contributed by atoms with Gasteiger partial charge in [0.1, 0.15) is 0 Å². The first-order valence-electron chi connectivity index (χ1n) is 4.14. The van der Waals surface area contributed by atoms with Crippen molar-refractivity contribution in [1.82, 2.24) is 0 Å². The first-order valence-corrected chi connectivity index (χ1v) is 5.26. The van der Waals surface area contributed by atoms with Gasteiger partial charge in [-0.1, -0.05) is 34.1 Å². The Morgan fingerprint density at radius 1 is 1.33 bits per heavy atom. The third-order valence-electron chi connectivity index (χ3n) is 2.02. The molecule has 0 saturated heterocycles. The number of benzene rings is 1. The Morgan fingerprint density at radius 3 is 2.58 bits per heavy atom. The second kappa shape index (κ2) is 4.51. The predicted molar refractivity (Wildman–Crippen MR) is 58.0 cm³/mol. The molecule has 0 N–H and O–H groups in total. The van der Waals surface area contributed by atoms with Gasteiger partial charge in [0.2, 0.25) is 0 Å². The van der Waals surface area contributed by atoms with E-state index in [4.69, 9.17) is 0 Å². The van der Waals surface area contributed by atoms with Crippen LogP contribution in [-0.4, -0.2) is 13.6 Å². The van der Waals surface area contributed by atoms with Crippen molar-refractivity contribution in [2.24, 2.45) is 0 Å². The monoisotopic (exact) mass is 227 g/mol. The highest BCUT2D eigenvalue weighted by Gasteiger charge is 2.02. The van der Waals surface area contributed by atoms with Gasteiger partial charge >= 0.3 is 0 Å². The molecule has 0 aromatic heterocycles. The predicted octanol–water partition coefficient (Wildman–Crippen LogP) is 3.04. The van der Waals surface area contributed by atoms with Gasteiger partial charge in [-0.2, -0.15) is 0 Å². The minimum absolute atomic E-state index is 0.924. The van der Waals surface area contributed by atoms with Gasteiger partial charge < -0.3 is 4.90 Å². The molecule has 0 bridgehead atoms. The van der Waals surface area contributed by atoms with E-state index in [9.17, 15) is 0 Å². The fraction of sp³-hybridized carbons (Fsp3) is 0.400. The number of para-hydroxylation sites is 1. The van der Waals surface area contributed by atoms with E-state index in [1.54, 1.807) is 0 Å². The third kappa shape index (κ3) is 2.01. The first kappa shape index (κ1) is 9.59. The van der Waals surface area contributed by atoms with Crippen LogP contribution < -0.4 is 4.90 Å². The number of nitrogens with zero attached hydrogens (tertiary/aromatic N) is 1. The van der Waals surface area contributed by atoms with Crippen LogP contribution in [0.3, 0.4) is 0 Å². The average Bonchev–Trinajstić information content (AvgIpc) is 2.16. The van der Waals surface area contributed by atoms with E-state index in [1.807, 2.05) is 0 Å². The summed E-state index contributed by atoms with van der Waals surface area (Å²) in [4.78, 5) is 2.25. The van der Waals surface area contributed by atoms with E-state index in [2.05, 4.69) is 59.1 Å². The van der Waals surface area contributed by atoms with Gasteiger partial charge in [-0.3, -0.25) is 0 Å². The molecule has 1 rings (SSSR count). The molecule has 0 aliphatic heterocycles. The van der Waals surface area contributed by atoms with Crippen molar-refractivity contribution in [3.63, 3.8) is 0 Å². The molecule has 0 heterocycles. The highest BCUT2D eigenvalue weighted by molar-refractivity contribution is 9.08. The summed E-state index contributed by atoms with van der Waals surface area (Å²) in [5.41, 5.74) is 2.67. The normalized spacial score (nSPS) is 9.92. The van der Waals surface area contributed by atoms with Crippen LogP contribution in [0.2, 0.25) is 0 Å². The third-order valence-corrected chi connectivity index (χ3v) is 2.63. The number of halogens is 1. The van der Waals surface area contributed by atoms with Crippen LogP contribution in [-0.2, 0) is 5.33 Å². The molecule has 66 valence electrons. The molecule has 1 nitrogen and oxygen atoms in total. The molecule has 0 unspecified atom stereocenters. The molecule has 1 aromatic rings. The summed E-state index contributed by atoms with van der Waals surface area (Å²) in [6.45, 7) is 3.20. The minimum atomic E-state index is 0.924. The Balaban J connectivity index is 2.96. The molecule has 0 atom stereocenters. The van der Waals surface area contributed by atoms with Crippen LogP contribution in [0.15, 0.2) is 24.3 Å². The molecular weight excluding hydrogens is 214 g/mol. The van der Waals surface area contributed by atoms with Crippen LogP contribution in [0, 0.1) is 0 Å². The topological polar surface area (TPSA) is 3.24 Å². The minimum Gasteiger partial charge on any atom is -0.375 e. The lowest BCUT2D eigenvalue weighted by molar-refractivity contribution is 0.960. The summed E-state index contributed by atoms with van der Waals surface area (Å²) in [7, 11) is 2.11. The maximum atomic E-state index is 3.48. The molecule has 12 heavy (non-hydrogen) atoms. The average molecular weight is 228 g/mol. The summed E-state index contributed by atoms with van der Waals surface area (Å²) < 4.78 is 0. The highest BCUT2D eigenvalue weighted by Crippen LogP contribution is 2.20. The molecule has 2 heteroatoms. The molecular formula is C10H14BrN. The van der Waals surface area contributed by atoms with E-state index < -0.39 is 0 Å². The Morgan fingerprint density at radius 2 is 2.00 bits per heavy atom. The zero-order valence-corrected chi connectivity index (χ0v) is 9.13. The van der Waals surface area contributed by atoms with Crippen molar-refractivity contribution in [1.29, 1.82) is 0 Å². The molecule has 0 aliphatic rings. The molecule has 1 aromatic carbocycles. The van der Waals surface area contributed by atoms with Crippen molar-refractivity contribution in [2.45, 2.75) is 12.3 Å². The lowest BCUT2D eigenvalue weighted by atomic mass is 10.2. The summed E-state index contributed by atoms with van der Waals surface area (Å²) in [5, 5.41) is 0.924. The number of hydrogen-bond acceptors (Lipinski definition) is 1. The lowest BCUT2D eigenvalue weighted by Crippen LogP contribution is -2.16. The quantitative estimate of drug-likeness (QED) is 0.718. The second-order valence-corrected chi connectivity index (χ2v) is 3.34. The number of rotatable bonds is 3.